The average molecular weight is 399 g/mol. The van der Waals surface area contributed by atoms with E-state index in [1.54, 1.807) is 19.9 Å². The number of anilines is 1. The second-order valence-electron chi connectivity index (χ2n) is 8.91. The molecule has 2 aliphatic heterocycles. The highest BCUT2D eigenvalue weighted by Gasteiger charge is 2.46. The van der Waals surface area contributed by atoms with Gasteiger partial charge in [-0.2, -0.15) is 0 Å². The highest BCUT2D eigenvalue weighted by molar-refractivity contribution is 5.91. The van der Waals surface area contributed by atoms with Crippen LogP contribution in [-0.2, 0) is 4.79 Å². The number of hydrogen-bond acceptors (Lipinski definition) is 3. The van der Waals surface area contributed by atoms with Crippen molar-refractivity contribution >= 4 is 17.2 Å². The molecule has 0 aromatic heterocycles. The molecule has 1 atom stereocenters. The van der Waals surface area contributed by atoms with Crippen molar-refractivity contribution in [3.63, 3.8) is 0 Å². The van der Waals surface area contributed by atoms with E-state index >= 15 is 0 Å². The molecule has 6 heteroatoms. The number of carboxylic acid groups (broad SMARTS) is 1. The lowest BCUT2D eigenvalue weighted by Crippen LogP contribution is -2.38. The molecule has 29 heavy (non-hydrogen) atoms. The van der Waals surface area contributed by atoms with Gasteiger partial charge in [0.2, 0.25) is 0 Å². The lowest BCUT2D eigenvalue weighted by molar-refractivity contribution is -0.152. The Labute approximate surface area is 168 Å². The zero-order chi connectivity index (χ0) is 21.3. The number of aliphatic carboxylic acids is 1. The molecule has 0 radical (unpaired) electrons. The zero-order valence-corrected chi connectivity index (χ0v) is 17.0. The predicted molar refractivity (Wildman–Crippen MR) is 108 cm³/mol. The fraction of sp³-hybridized carbons (Fsp3) is 0.348. The molecule has 0 aliphatic carbocycles. The number of benzene rings is 2. The summed E-state index contributed by atoms with van der Waals surface area (Å²) in [5.74, 6) is -2.75. The van der Waals surface area contributed by atoms with E-state index in [0.29, 0.717) is 11.1 Å². The van der Waals surface area contributed by atoms with Crippen molar-refractivity contribution in [1.29, 1.82) is 0 Å². The number of nitrogens with one attached hydrogen (secondary N) is 1. The quantitative estimate of drug-likeness (QED) is 0.672. The highest BCUT2D eigenvalue weighted by atomic mass is 19.1. The van der Waals surface area contributed by atoms with Crippen LogP contribution in [0.2, 0.25) is 0 Å². The number of ether oxygens (including phenoxy) is 1. The molecule has 4 nitrogen and oxygen atoms in total. The van der Waals surface area contributed by atoms with Crippen LogP contribution in [0.1, 0.15) is 51.8 Å². The number of fused-ring (bicyclic) bond motifs is 5. The van der Waals surface area contributed by atoms with E-state index in [0.717, 1.165) is 22.9 Å². The van der Waals surface area contributed by atoms with Gasteiger partial charge in [-0.1, -0.05) is 12.1 Å². The summed E-state index contributed by atoms with van der Waals surface area (Å²) in [5, 5.41) is 13.3. The van der Waals surface area contributed by atoms with Crippen molar-refractivity contribution in [3.05, 3.63) is 53.1 Å². The topological polar surface area (TPSA) is 58.6 Å². The van der Waals surface area contributed by atoms with E-state index in [4.69, 9.17) is 4.74 Å². The number of rotatable bonds is 2. The van der Waals surface area contributed by atoms with Crippen molar-refractivity contribution < 1.29 is 23.4 Å². The zero-order valence-electron chi connectivity index (χ0n) is 17.0. The van der Waals surface area contributed by atoms with Crippen LogP contribution in [0.25, 0.3) is 16.7 Å². The molecule has 2 heterocycles. The second kappa shape index (κ2) is 6.05. The van der Waals surface area contributed by atoms with E-state index in [9.17, 15) is 18.7 Å². The maximum absolute atomic E-state index is 14.6. The molecule has 2 aromatic rings. The Kier molecular flexibility index (Phi) is 4.05. The standard InChI is InChI=1S/C23H23F2NO3/c1-11-10-22(2,3)26-16-7-6-13-14-8-12(24)9-15(25)19(14)29-20(18(13)17(11)16)23(4,5)21(27)28/h6-10,20,26H,1-5H3,(H,27,28). The van der Waals surface area contributed by atoms with Crippen LogP contribution in [0, 0.1) is 17.0 Å². The first-order valence-electron chi connectivity index (χ1n) is 9.47. The summed E-state index contributed by atoms with van der Waals surface area (Å²) >= 11 is 0. The molecule has 1 unspecified atom stereocenters. The molecular formula is C23H23F2NO3. The van der Waals surface area contributed by atoms with Gasteiger partial charge in [0.15, 0.2) is 11.6 Å². The maximum atomic E-state index is 14.6. The van der Waals surface area contributed by atoms with E-state index < -0.39 is 29.1 Å². The van der Waals surface area contributed by atoms with Crippen LogP contribution in [0.4, 0.5) is 14.5 Å². The molecule has 0 spiro atoms. The molecule has 0 amide bonds. The monoisotopic (exact) mass is 399 g/mol. The fourth-order valence-corrected chi connectivity index (χ4v) is 4.33. The average Bonchev–Trinajstić information content (AvgIpc) is 2.58. The molecule has 0 fully saturated rings. The first kappa shape index (κ1) is 19.4. The van der Waals surface area contributed by atoms with E-state index in [-0.39, 0.29) is 16.9 Å². The van der Waals surface area contributed by atoms with E-state index in [1.165, 1.54) is 6.07 Å². The maximum Gasteiger partial charge on any atom is 0.313 e. The largest absolute Gasteiger partial charge is 0.481 e. The highest BCUT2D eigenvalue weighted by Crippen LogP contribution is 2.54. The molecule has 0 saturated heterocycles. The summed E-state index contributed by atoms with van der Waals surface area (Å²) in [6.07, 6.45) is 1.10. The SMILES string of the molecule is CC1=CC(C)(C)Nc2ccc3c(c21)C(C(C)(C)C(=O)O)Oc1c(F)cc(F)cc1-3. The van der Waals surface area contributed by atoms with Crippen molar-refractivity contribution in [2.24, 2.45) is 5.41 Å². The normalized spacial score (nSPS) is 19.1. The first-order valence-corrected chi connectivity index (χ1v) is 9.47. The third-order valence-electron chi connectivity index (χ3n) is 5.68. The van der Waals surface area contributed by atoms with Crippen molar-refractivity contribution in [2.45, 2.75) is 46.3 Å². The first-order chi connectivity index (χ1) is 13.4. The second-order valence-corrected chi connectivity index (χ2v) is 8.91. The molecule has 2 aromatic carbocycles. The molecule has 4 rings (SSSR count). The van der Waals surface area contributed by atoms with Gasteiger partial charge in [0.25, 0.3) is 0 Å². The number of hydrogen-bond donors (Lipinski definition) is 2. The van der Waals surface area contributed by atoms with Crippen LogP contribution in [0.3, 0.4) is 0 Å². The van der Waals surface area contributed by atoms with Gasteiger partial charge in [-0.05, 0) is 57.9 Å². The van der Waals surface area contributed by atoms with Crippen LogP contribution < -0.4 is 10.1 Å². The summed E-state index contributed by atoms with van der Waals surface area (Å²) in [7, 11) is 0. The molecule has 152 valence electrons. The van der Waals surface area contributed by atoms with Gasteiger partial charge in [0, 0.05) is 28.4 Å². The Morgan fingerprint density at radius 3 is 2.55 bits per heavy atom. The minimum atomic E-state index is -1.35. The Bertz CT molecular complexity index is 1090. The van der Waals surface area contributed by atoms with Crippen LogP contribution >= 0.6 is 0 Å². The Morgan fingerprint density at radius 1 is 1.21 bits per heavy atom. The minimum absolute atomic E-state index is 0.121. The summed E-state index contributed by atoms with van der Waals surface area (Å²) in [4.78, 5) is 12.1. The minimum Gasteiger partial charge on any atom is -0.481 e. The predicted octanol–water partition coefficient (Wildman–Crippen LogP) is 5.78. The summed E-state index contributed by atoms with van der Waals surface area (Å²) in [6, 6.07) is 5.63. The smallest absolute Gasteiger partial charge is 0.313 e. The van der Waals surface area contributed by atoms with E-state index in [2.05, 4.69) is 11.4 Å². The number of allylic oxidation sites excluding steroid dienone is 1. The van der Waals surface area contributed by atoms with Gasteiger partial charge in [0.05, 0.1) is 5.54 Å². The summed E-state index contributed by atoms with van der Waals surface area (Å²) in [6.45, 7) is 9.13. The Hall–Kier alpha value is -2.89. The van der Waals surface area contributed by atoms with Gasteiger partial charge >= 0.3 is 5.97 Å². The third-order valence-corrected chi connectivity index (χ3v) is 5.68. The van der Waals surface area contributed by atoms with Gasteiger partial charge in [-0.15, -0.1) is 0 Å². The molecule has 2 N–H and O–H groups in total. The Balaban J connectivity index is 2.08. The van der Waals surface area contributed by atoms with Crippen molar-refractivity contribution in [1.82, 2.24) is 0 Å². The van der Waals surface area contributed by atoms with Crippen LogP contribution in [0.5, 0.6) is 5.75 Å². The fourth-order valence-electron chi connectivity index (χ4n) is 4.33. The summed E-state index contributed by atoms with van der Waals surface area (Å²) < 4.78 is 34.5. The van der Waals surface area contributed by atoms with Gasteiger partial charge < -0.3 is 15.2 Å². The number of carboxylic acids is 1. The van der Waals surface area contributed by atoms with Gasteiger partial charge in [-0.3, -0.25) is 4.79 Å². The lowest BCUT2D eigenvalue weighted by Gasteiger charge is -2.40. The number of carbonyl (C=O) groups is 1. The van der Waals surface area contributed by atoms with Crippen LogP contribution in [-0.4, -0.2) is 16.6 Å². The summed E-state index contributed by atoms with van der Waals surface area (Å²) in [5.41, 5.74) is 2.47. The molecule has 0 saturated carbocycles. The van der Waals surface area contributed by atoms with Gasteiger partial charge in [-0.25, -0.2) is 8.78 Å². The third kappa shape index (κ3) is 2.89. The number of halogens is 2. The molecule has 2 aliphatic rings. The Morgan fingerprint density at radius 2 is 1.90 bits per heavy atom. The van der Waals surface area contributed by atoms with Gasteiger partial charge in [0.1, 0.15) is 17.3 Å². The van der Waals surface area contributed by atoms with Crippen molar-refractivity contribution in [3.8, 4) is 16.9 Å². The van der Waals surface area contributed by atoms with E-state index in [1.807, 2.05) is 26.8 Å². The van der Waals surface area contributed by atoms with Crippen LogP contribution in [0.15, 0.2) is 30.3 Å². The lowest BCUT2D eigenvalue weighted by atomic mass is 9.74. The molecule has 0 bridgehead atoms. The van der Waals surface area contributed by atoms with Crippen molar-refractivity contribution in [2.75, 3.05) is 5.32 Å². The molecular weight excluding hydrogens is 376 g/mol.